The highest BCUT2D eigenvalue weighted by molar-refractivity contribution is 5.87. The smallest absolute Gasteiger partial charge is 0.185 e. The first-order chi connectivity index (χ1) is 14.2. The Balaban J connectivity index is 1.75. The van der Waals surface area contributed by atoms with Crippen LogP contribution < -0.4 is 5.32 Å². The number of nitrogens with one attached hydrogen (secondary N) is 1. The number of anilines is 1. The van der Waals surface area contributed by atoms with E-state index in [1.54, 1.807) is 0 Å². The summed E-state index contributed by atoms with van der Waals surface area (Å²) in [6, 6.07) is 5.16. The van der Waals surface area contributed by atoms with Crippen molar-refractivity contribution < 1.29 is 8.78 Å². The van der Waals surface area contributed by atoms with E-state index in [9.17, 15) is 8.78 Å². The van der Waals surface area contributed by atoms with Crippen molar-refractivity contribution in [2.75, 3.05) is 32.5 Å². The number of halogens is 2. The van der Waals surface area contributed by atoms with Gasteiger partial charge < -0.3 is 10.2 Å². The molecule has 0 unspecified atom stereocenters. The molecule has 1 aliphatic rings. The van der Waals surface area contributed by atoms with Gasteiger partial charge in [0.25, 0.3) is 0 Å². The summed E-state index contributed by atoms with van der Waals surface area (Å²) in [5.74, 6) is -0.398. The number of rotatable bonds is 7. The van der Waals surface area contributed by atoms with Gasteiger partial charge in [-0.05, 0) is 43.3 Å². The second kappa shape index (κ2) is 7.60. The van der Waals surface area contributed by atoms with E-state index in [1.807, 2.05) is 38.4 Å². The van der Waals surface area contributed by atoms with Crippen LogP contribution in [0.1, 0.15) is 19.4 Å². The molecule has 0 atom stereocenters. The van der Waals surface area contributed by atoms with Crippen LogP contribution in [0.4, 0.5) is 14.6 Å². The molecule has 1 aromatic carbocycles. The van der Waals surface area contributed by atoms with Crippen molar-refractivity contribution in [2.45, 2.75) is 13.8 Å². The summed E-state index contributed by atoms with van der Waals surface area (Å²) in [6.07, 6.45) is 5.97. The summed E-state index contributed by atoms with van der Waals surface area (Å²) in [7, 11) is 4.09. The number of benzene rings is 1. The van der Waals surface area contributed by atoms with Crippen LogP contribution in [-0.4, -0.2) is 51.9 Å². The lowest BCUT2D eigenvalue weighted by atomic mass is 9.92. The van der Waals surface area contributed by atoms with Gasteiger partial charge in [0.15, 0.2) is 17.3 Å². The van der Waals surface area contributed by atoms with Crippen molar-refractivity contribution in [3.63, 3.8) is 0 Å². The second-order valence-corrected chi connectivity index (χ2v) is 8.60. The molecule has 8 heteroatoms. The van der Waals surface area contributed by atoms with Crippen molar-refractivity contribution in [1.29, 1.82) is 0 Å². The largest absolute Gasteiger partial charge is 0.368 e. The Kier molecular flexibility index (Phi) is 5.11. The molecule has 6 nitrogen and oxygen atoms in total. The van der Waals surface area contributed by atoms with E-state index in [1.165, 1.54) is 16.6 Å². The van der Waals surface area contributed by atoms with Gasteiger partial charge in [0, 0.05) is 30.3 Å². The third-order valence-electron chi connectivity index (χ3n) is 4.86. The van der Waals surface area contributed by atoms with Crippen LogP contribution in [0.3, 0.4) is 0 Å². The van der Waals surface area contributed by atoms with Gasteiger partial charge in [-0.15, -0.1) is 15.3 Å². The second-order valence-electron chi connectivity index (χ2n) is 8.60. The molecule has 0 radical (unpaired) electrons. The Morgan fingerprint density at radius 2 is 1.77 bits per heavy atom. The van der Waals surface area contributed by atoms with Crippen molar-refractivity contribution in [3.05, 3.63) is 59.7 Å². The fraction of sp³-hybridized carbons (Fsp3) is 0.318. The van der Waals surface area contributed by atoms with Gasteiger partial charge in [0.05, 0.1) is 0 Å². The molecule has 0 saturated heterocycles. The molecular formula is C22H24F2N6. The van der Waals surface area contributed by atoms with Crippen LogP contribution in [0.25, 0.3) is 22.6 Å². The van der Waals surface area contributed by atoms with Crippen molar-refractivity contribution >= 4 is 17.0 Å². The van der Waals surface area contributed by atoms with Gasteiger partial charge in [-0.25, -0.2) is 8.78 Å². The maximum atomic E-state index is 13.7. The van der Waals surface area contributed by atoms with E-state index in [-0.39, 0.29) is 16.8 Å². The zero-order chi connectivity index (χ0) is 21.5. The molecule has 0 saturated carbocycles. The van der Waals surface area contributed by atoms with Gasteiger partial charge >= 0.3 is 0 Å². The highest BCUT2D eigenvalue weighted by Crippen LogP contribution is 2.31. The minimum atomic E-state index is -0.674. The van der Waals surface area contributed by atoms with Gasteiger partial charge in [0.1, 0.15) is 11.6 Å². The minimum absolute atomic E-state index is 0.00292. The maximum absolute atomic E-state index is 13.7. The molecule has 0 aliphatic heterocycles. The topological polar surface area (TPSA) is 58.4 Å². The van der Waals surface area contributed by atoms with Gasteiger partial charge in [0.2, 0.25) is 0 Å². The average molecular weight is 410 g/mol. The first-order valence-electron chi connectivity index (χ1n) is 9.72. The Hall–Kier alpha value is -3.13. The summed E-state index contributed by atoms with van der Waals surface area (Å²) in [4.78, 5) is 2.15. The fourth-order valence-corrected chi connectivity index (χ4v) is 3.65. The Labute approximate surface area is 173 Å². The molecule has 156 valence electrons. The van der Waals surface area contributed by atoms with E-state index in [4.69, 9.17) is 5.10 Å². The first kappa shape index (κ1) is 20.2. The standard InChI is InChI=1S/C22H24F2N6/c1-22(2,13-29(3)4)12-25-20-18(14-6-5-7-14)11-19-26-27-21(30(19)28-20)15-8-16(23)10-17(24)9-15/h5-11H,12-13H2,1-4H3,(H,25,28). The monoisotopic (exact) mass is 410 g/mol. The van der Waals surface area contributed by atoms with Gasteiger partial charge in [-0.2, -0.15) is 4.52 Å². The first-order valence-corrected chi connectivity index (χ1v) is 9.72. The van der Waals surface area contributed by atoms with Gasteiger partial charge in [-0.1, -0.05) is 32.1 Å². The van der Waals surface area contributed by atoms with Crippen LogP contribution in [-0.2, 0) is 0 Å². The zero-order valence-electron chi connectivity index (χ0n) is 17.4. The summed E-state index contributed by atoms with van der Waals surface area (Å²) in [5, 5.41) is 16.4. The quantitative estimate of drug-likeness (QED) is 0.638. The average Bonchev–Trinajstić information content (AvgIpc) is 2.99. The minimum Gasteiger partial charge on any atom is -0.368 e. The summed E-state index contributed by atoms with van der Waals surface area (Å²) < 4.78 is 29.0. The lowest BCUT2D eigenvalue weighted by Gasteiger charge is -2.29. The van der Waals surface area contributed by atoms with Crippen LogP contribution in [0.5, 0.6) is 0 Å². The number of allylic oxidation sites excluding steroid dienone is 4. The lowest BCUT2D eigenvalue weighted by Crippen LogP contribution is -2.34. The lowest BCUT2D eigenvalue weighted by molar-refractivity contribution is 0.254. The zero-order valence-corrected chi connectivity index (χ0v) is 17.4. The number of nitrogens with zero attached hydrogens (tertiary/aromatic N) is 5. The number of hydrogen-bond donors (Lipinski definition) is 1. The normalized spacial score (nSPS) is 13.6. The molecule has 0 amide bonds. The van der Waals surface area contributed by atoms with Crippen LogP contribution in [0.15, 0.2) is 42.5 Å². The van der Waals surface area contributed by atoms with E-state index < -0.39 is 11.6 Å². The van der Waals surface area contributed by atoms with Crippen LogP contribution >= 0.6 is 0 Å². The van der Waals surface area contributed by atoms with Crippen LogP contribution in [0, 0.1) is 17.0 Å². The molecule has 1 aliphatic carbocycles. The molecule has 0 bridgehead atoms. The summed E-state index contributed by atoms with van der Waals surface area (Å²) in [6.45, 7) is 5.96. The Bertz CT molecular complexity index is 1140. The van der Waals surface area contributed by atoms with E-state index >= 15 is 0 Å². The summed E-state index contributed by atoms with van der Waals surface area (Å²) in [5.41, 5.74) is 2.74. The van der Waals surface area contributed by atoms with E-state index in [2.05, 4.69) is 34.3 Å². The molecule has 2 aromatic heterocycles. The SMILES string of the molecule is CN(C)CC(C)(C)CNc1nn2c(-c3cc(F)cc(F)c3)nnc2cc1C1=CC=C1. The van der Waals surface area contributed by atoms with Crippen molar-refractivity contribution in [2.24, 2.45) is 5.41 Å². The van der Waals surface area contributed by atoms with Crippen molar-refractivity contribution in [1.82, 2.24) is 24.7 Å². The third-order valence-corrected chi connectivity index (χ3v) is 4.86. The molecule has 0 fully saturated rings. The molecule has 1 N–H and O–H groups in total. The summed E-state index contributed by atoms with van der Waals surface area (Å²) >= 11 is 0. The predicted octanol–water partition coefficient (Wildman–Crippen LogP) is 4.02. The Morgan fingerprint density at radius 1 is 1.07 bits per heavy atom. The molecule has 3 aromatic rings. The third kappa shape index (κ3) is 4.09. The highest BCUT2D eigenvalue weighted by Gasteiger charge is 2.22. The fourth-order valence-electron chi connectivity index (χ4n) is 3.65. The molecule has 2 heterocycles. The maximum Gasteiger partial charge on any atom is 0.185 e. The van der Waals surface area contributed by atoms with E-state index in [0.717, 1.165) is 23.7 Å². The molecule has 0 spiro atoms. The Morgan fingerprint density at radius 3 is 2.37 bits per heavy atom. The van der Waals surface area contributed by atoms with Crippen molar-refractivity contribution in [3.8, 4) is 11.4 Å². The predicted molar refractivity (Wildman–Crippen MR) is 114 cm³/mol. The van der Waals surface area contributed by atoms with Gasteiger partial charge in [-0.3, -0.25) is 0 Å². The number of aromatic nitrogens is 4. The number of hydrogen-bond acceptors (Lipinski definition) is 5. The van der Waals surface area contributed by atoms with Crippen LogP contribution in [0.2, 0.25) is 0 Å². The molecular weight excluding hydrogens is 386 g/mol. The number of fused-ring (bicyclic) bond motifs is 1. The molecule has 30 heavy (non-hydrogen) atoms. The highest BCUT2D eigenvalue weighted by atomic mass is 19.1. The molecule has 4 rings (SSSR count). The van der Waals surface area contributed by atoms with E-state index in [0.29, 0.717) is 18.0 Å².